The summed E-state index contributed by atoms with van der Waals surface area (Å²) in [6.45, 7) is 1.93. The van der Waals surface area contributed by atoms with Crippen LogP contribution in [0.25, 0.3) is 17.3 Å². The van der Waals surface area contributed by atoms with E-state index in [4.69, 9.17) is 0 Å². The molecule has 1 atom stereocenters. The molecule has 2 aromatic heterocycles. The maximum atomic E-state index is 12.0. The van der Waals surface area contributed by atoms with Crippen LogP contribution in [0.2, 0.25) is 0 Å². The zero-order valence-corrected chi connectivity index (χ0v) is 14.0. The number of nitrogens with zero attached hydrogens (tertiary/aromatic N) is 2. The van der Waals surface area contributed by atoms with Crippen molar-refractivity contribution in [3.63, 3.8) is 0 Å². The van der Waals surface area contributed by atoms with Crippen molar-refractivity contribution in [3.05, 3.63) is 76.9 Å². The zero-order chi connectivity index (χ0) is 16.8. The smallest absolute Gasteiger partial charge is 0.244 e. The molecule has 0 saturated carbocycles. The molecule has 0 aliphatic carbocycles. The number of carbonyl (C=O) groups is 1. The van der Waals surface area contributed by atoms with E-state index in [2.05, 4.69) is 15.3 Å². The van der Waals surface area contributed by atoms with Gasteiger partial charge in [0.15, 0.2) is 0 Å². The molecule has 2 heterocycles. The Balaban J connectivity index is 1.63. The van der Waals surface area contributed by atoms with E-state index in [1.165, 1.54) is 6.08 Å². The molecule has 0 aliphatic rings. The van der Waals surface area contributed by atoms with Gasteiger partial charge in [0.2, 0.25) is 5.91 Å². The van der Waals surface area contributed by atoms with E-state index in [9.17, 15) is 4.79 Å². The van der Waals surface area contributed by atoms with Gasteiger partial charge < -0.3 is 5.32 Å². The predicted octanol–water partition coefficient (Wildman–Crippen LogP) is 4.10. The Hall–Kier alpha value is -2.79. The highest BCUT2D eigenvalue weighted by Gasteiger charge is 2.12. The van der Waals surface area contributed by atoms with E-state index < -0.39 is 0 Å². The Kier molecular flexibility index (Phi) is 5.13. The molecule has 1 amide bonds. The number of thiazole rings is 1. The molecule has 3 rings (SSSR count). The summed E-state index contributed by atoms with van der Waals surface area (Å²) >= 11 is 1.55. The Bertz CT molecular complexity index is 828. The van der Waals surface area contributed by atoms with Crippen molar-refractivity contribution < 1.29 is 4.79 Å². The van der Waals surface area contributed by atoms with Crippen molar-refractivity contribution in [1.82, 2.24) is 15.3 Å². The largest absolute Gasteiger partial charge is 0.344 e. The second kappa shape index (κ2) is 7.66. The van der Waals surface area contributed by atoms with E-state index in [0.717, 1.165) is 22.0 Å². The first-order chi connectivity index (χ1) is 11.7. The molecule has 1 N–H and O–H groups in total. The topological polar surface area (TPSA) is 54.9 Å². The van der Waals surface area contributed by atoms with Gasteiger partial charge in [-0.05, 0) is 25.1 Å². The number of pyridine rings is 1. The molecule has 0 fully saturated rings. The molecule has 120 valence electrons. The fraction of sp³-hybridized carbons (Fsp3) is 0.105. The normalized spacial score (nSPS) is 12.2. The molecule has 5 heteroatoms. The first-order valence-electron chi connectivity index (χ1n) is 7.63. The van der Waals surface area contributed by atoms with Crippen LogP contribution >= 0.6 is 11.3 Å². The molecule has 24 heavy (non-hydrogen) atoms. The third-order valence-electron chi connectivity index (χ3n) is 3.41. The van der Waals surface area contributed by atoms with Crippen LogP contribution in [0.4, 0.5) is 0 Å². The first kappa shape index (κ1) is 16.1. The lowest BCUT2D eigenvalue weighted by molar-refractivity contribution is -0.117. The van der Waals surface area contributed by atoms with Gasteiger partial charge in [0, 0.05) is 23.2 Å². The highest BCUT2D eigenvalue weighted by molar-refractivity contribution is 7.10. The highest BCUT2D eigenvalue weighted by Crippen LogP contribution is 2.25. The van der Waals surface area contributed by atoms with Crippen LogP contribution in [-0.2, 0) is 4.79 Å². The van der Waals surface area contributed by atoms with Gasteiger partial charge in [-0.3, -0.25) is 9.78 Å². The van der Waals surface area contributed by atoms with Crippen LogP contribution in [0.1, 0.15) is 23.7 Å². The van der Waals surface area contributed by atoms with E-state index in [1.54, 1.807) is 23.6 Å². The zero-order valence-electron chi connectivity index (χ0n) is 13.2. The summed E-state index contributed by atoms with van der Waals surface area (Å²) in [5.41, 5.74) is 2.76. The number of amides is 1. The molecule has 0 radical (unpaired) electrons. The van der Waals surface area contributed by atoms with Crippen molar-refractivity contribution >= 4 is 23.3 Å². The summed E-state index contributed by atoms with van der Waals surface area (Å²) in [7, 11) is 0. The number of benzene rings is 1. The van der Waals surface area contributed by atoms with E-state index in [0.29, 0.717) is 0 Å². The van der Waals surface area contributed by atoms with Crippen LogP contribution in [0, 0.1) is 0 Å². The van der Waals surface area contributed by atoms with Crippen molar-refractivity contribution in [2.75, 3.05) is 0 Å². The van der Waals surface area contributed by atoms with E-state index in [1.807, 2.05) is 60.8 Å². The highest BCUT2D eigenvalue weighted by atomic mass is 32.1. The molecule has 0 aliphatic heterocycles. The number of rotatable bonds is 5. The van der Waals surface area contributed by atoms with E-state index >= 15 is 0 Å². The lowest BCUT2D eigenvalue weighted by Gasteiger charge is -2.08. The minimum Gasteiger partial charge on any atom is -0.344 e. The minimum absolute atomic E-state index is 0.145. The fourth-order valence-electron chi connectivity index (χ4n) is 2.19. The van der Waals surface area contributed by atoms with Crippen LogP contribution < -0.4 is 5.32 Å². The number of hydrogen-bond acceptors (Lipinski definition) is 4. The van der Waals surface area contributed by atoms with Crippen molar-refractivity contribution in [1.29, 1.82) is 0 Å². The lowest BCUT2D eigenvalue weighted by Crippen LogP contribution is -2.24. The van der Waals surface area contributed by atoms with E-state index in [-0.39, 0.29) is 11.9 Å². The Morgan fingerprint density at radius 3 is 2.71 bits per heavy atom. The standard InChI is InChI=1S/C19H17N3OS/c1-14(21-18(23)11-10-16-9-5-6-12-20-16)19-22-17(13-24-19)15-7-3-2-4-8-15/h2-14H,1H3,(H,21,23)/b11-10+/t14-/m0/s1. The van der Waals surface area contributed by atoms with Gasteiger partial charge in [0.1, 0.15) is 5.01 Å². The SMILES string of the molecule is C[C@H](NC(=O)/C=C/c1ccccn1)c1nc(-c2ccccc2)cs1. The van der Waals surface area contributed by atoms with Crippen LogP contribution in [0.3, 0.4) is 0 Å². The third kappa shape index (κ3) is 4.14. The van der Waals surface area contributed by atoms with Gasteiger partial charge in [-0.2, -0.15) is 0 Å². The third-order valence-corrected chi connectivity index (χ3v) is 4.44. The van der Waals surface area contributed by atoms with Gasteiger partial charge in [-0.15, -0.1) is 11.3 Å². The maximum absolute atomic E-state index is 12.0. The van der Waals surface area contributed by atoms with Gasteiger partial charge >= 0.3 is 0 Å². The average molecular weight is 335 g/mol. The monoisotopic (exact) mass is 335 g/mol. The Labute approximate surface area is 144 Å². The Morgan fingerprint density at radius 2 is 1.96 bits per heavy atom. The van der Waals surface area contributed by atoms with Gasteiger partial charge in [0.05, 0.1) is 17.4 Å². The molecular weight excluding hydrogens is 318 g/mol. The molecule has 4 nitrogen and oxygen atoms in total. The van der Waals surface area contributed by atoms with Gasteiger partial charge in [-0.25, -0.2) is 4.98 Å². The fourth-order valence-corrected chi connectivity index (χ4v) is 3.02. The first-order valence-corrected chi connectivity index (χ1v) is 8.51. The number of hydrogen-bond donors (Lipinski definition) is 1. The minimum atomic E-state index is -0.162. The van der Waals surface area contributed by atoms with Crippen LogP contribution in [-0.4, -0.2) is 15.9 Å². The average Bonchev–Trinajstić information content (AvgIpc) is 3.12. The summed E-state index contributed by atoms with van der Waals surface area (Å²) in [6, 6.07) is 15.4. The van der Waals surface area contributed by atoms with Crippen LogP contribution in [0.15, 0.2) is 66.2 Å². The summed E-state index contributed by atoms with van der Waals surface area (Å²) in [5.74, 6) is -0.162. The quantitative estimate of drug-likeness (QED) is 0.714. The predicted molar refractivity (Wildman–Crippen MR) is 97.4 cm³/mol. The van der Waals surface area contributed by atoms with Crippen molar-refractivity contribution in [2.24, 2.45) is 0 Å². The Morgan fingerprint density at radius 1 is 1.17 bits per heavy atom. The second-order valence-electron chi connectivity index (χ2n) is 5.26. The number of nitrogens with one attached hydrogen (secondary N) is 1. The van der Waals surface area contributed by atoms with Crippen molar-refractivity contribution in [2.45, 2.75) is 13.0 Å². The summed E-state index contributed by atoms with van der Waals surface area (Å²) in [4.78, 5) is 20.8. The summed E-state index contributed by atoms with van der Waals surface area (Å²) < 4.78 is 0. The van der Waals surface area contributed by atoms with Crippen LogP contribution in [0.5, 0.6) is 0 Å². The molecular formula is C19H17N3OS. The second-order valence-corrected chi connectivity index (χ2v) is 6.14. The molecule has 0 saturated heterocycles. The molecule has 0 bridgehead atoms. The molecule has 3 aromatic rings. The summed E-state index contributed by atoms with van der Waals surface area (Å²) in [5, 5.41) is 5.82. The molecule has 1 aromatic carbocycles. The van der Waals surface area contributed by atoms with Crippen molar-refractivity contribution in [3.8, 4) is 11.3 Å². The molecule has 0 unspecified atom stereocenters. The van der Waals surface area contributed by atoms with Gasteiger partial charge in [-0.1, -0.05) is 36.4 Å². The lowest BCUT2D eigenvalue weighted by atomic mass is 10.2. The number of carbonyl (C=O) groups excluding carboxylic acids is 1. The maximum Gasteiger partial charge on any atom is 0.244 e. The number of aromatic nitrogens is 2. The van der Waals surface area contributed by atoms with Gasteiger partial charge in [0.25, 0.3) is 0 Å². The summed E-state index contributed by atoms with van der Waals surface area (Å²) in [6.07, 6.45) is 4.88. The molecule has 0 spiro atoms.